The first-order valence-corrected chi connectivity index (χ1v) is 5.12. The predicted octanol–water partition coefficient (Wildman–Crippen LogP) is 1.75. The lowest BCUT2D eigenvalue weighted by molar-refractivity contribution is 0.466. The van der Waals surface area contributed by atoms with Gasteiger partial charge in [-0.2, -0.15) is 5.26 Å². The van der Waals surface area contributed by atoms with Crippen molar-refractivity contribution in [1.29, 1.82) is 5.26 Å². The number of hydrogen-bond acceptors (Lipinski definition) is 6. The highest BCUT2D eigenvalue weighted by Gasteiger charge is 2.07. The molecule has 0 bridgehead atoms. The van der Waals surface area contributed by atoms with Gasteiger partial charge in [-0.15, -0.1) is 10.2 Å². The van der Waals surface area contributed by atoms with Crippen LogP contribution in [-0.2, 0) is 0 Å². The highest BCUT2D eigenvalue weighted by atomic mass is 32.2. The molecule has 2 heterocycles. The Morgan fingerprint density at radius 1 is 1.47 bits per heavy atom. The Labute approximate surface area is 90.2 Å². The number of thioether (sulfide) groups is 1. The Morgan fingerprint density at radius 2 is 2.40 bits per heavy atom. The van der Waals surface area contributed by atoms with Crippen molar-refractivity contribution in [2.45, 2.75) is 5.22 Å². The van der Waals surface area contributed by atoms with E-state index in [1.807, 2.05) is 12.1 Å². The summed E-state index contributed by atoms with van der Waals surface area (Å²) in [6, 6.07) is 5.61. The number of rotatable bonds is 3. The largest absolute Gasteiger partial charge is 0.411 e. The number of nitriles is 1. The molecule has 0 aliphatic carbocycles. The summed E-state index contributed by atoms with van der Waals surface area (Å²) in [6.07, 6.45) is 3.32. The Bertz CT molecular complexity index is 476. The van der Waals surface area contributed by atoms with E-state index in [0.29, 0.717) is 16.9 Å². The topological polar surface area (TPSA) is 75.6 Å². The van der Waals surface area contributed by atoms with Crippen molar-refractivity contribution in [3.63, 3.8) is 0 Å². The average Bonchev–Trinajstić information content (AvgIpc) is 2.76. The molecule has 0 saturated carbocycles. The second-order valence-corrected chi connectivity index (χ2v) is 3.49. The van der Waals surface area contributed by atoms with Gasteiger partial charge in [0, 0.05) is 12.4 Å². The van der Waals surface area contributed by atoms with E-state index in [9.17, 15) is 0 Å². The van der Waals surface area contributed by atoms with E-state index in [1.165, 1.54) is 11.8 Å². The first kappa shape index (κ1) is 9.68. The van der Waals surface area contributed by atoms with Crippen LogP contribution in [0, 0.1) is 11.3 Å². The molecule has 0 saturated heterocycles. The van der Waals surface area contributed by atoms with Gasteiger partial charge in [0.2, 0.25) is 5.89 Å². The van der Waals surface area contributed by atoms with Gasteiger partial charge in [0.05, 0.1) is 17.4 Å². The van der Waals surface area contributed by atoms with Gasteiger partial charge in [0.25, 0.3) is 5.22 Å². The van der Waals surface area contributed by atoms with E-state index >= 15 is 0 Å². The van der Waals surface area contributed by atoms with E-state index in [0.717, 1.165) is 5.56 Å². The molecular weight excluding hydrogens is 212 g/mol. The third-order valence-electron chi connectivity index (χ3n) is 1.58. The SMILES string of the molecule is N#CCSc1nnc(-c2cccnc2)o1. The summed E-state index contributed by atoms with van der Waals surface area (Å²) in [5, 5.41) is 16.4. The lowest BCUT2D eigenvalue weighted by atomic mass is 10.3. The highest BCUT2D eigenvalue weighted by molar-refractivity contribution is 7.99. The van der Waals surface area contributed by atoms with Crippen LogP contribution in [0.2, 0.25) is 0 Å². The Hall–Kier alpha value is -1.87. The molecule has 0 aliphatic rings. The summed E-state index contributed by atoms with van der Waals surface area (Å²) in [5.74, 6) is 0.720. The first-order valence-electron chi connectivity index (χ1n) is 4.14. The molecule has 2 aromatic heterocycles. The van der Waals surface area contributed by atoms with Crippen LogP contribution in [-0.4, -0.2) is 20.9 Å². The summed E-state index contributed by atoms with van der Waals surface area (Å²) in [6.45, 7) is 0. The maximum Gasteiger partial charge on any atom is 0.277 e. The van der Waals surface area contributed by atoms with Gasteiger partial charge in [0.1, 0.15) is 0 Å². The average molecular weight is 218 g/mol. The van der Waals surface area contributed by atoms with Crippen molar-refractivity contribution in [2.75, 3.05) is 5.75 Å². The monoisotopic (exact) mass is 218 g/mol. The van der Waals surface area contributed by atoms with Gasteiger partial charge in [-0.05, 0) is 12.1 Å². The van der Waals surface area contributed by atoms with Crippen LogP contribution in [0.5, 0.6) is 0 Å². The third kappa shape index (κ3) is 2.33. The van der Waals surface area contributed by atoms with E-state index in [1.54, 1.807) is 18.5 Å². The minimum Gasteiger partial charge on any atom is -0.411 e. The Morgan fingerprint density at radius 3 is 3.13 bits per heavy atom. The van der Waals surface area contributed by atoms with Crippen molar-refractivity contribution in [1.82, 2.24) is 15.2 Å². The molecule has 6 heteroatoms. The Balaban J connectivity index is 2.18. The molecule has 0 spiro atoms. The van der Waals surface area contributed by atoms with Crippen molar-refractivity contribution in [3.05, 3.63) is 24.5 Å². The van der Waals surface area contributed by atoms with Gasteiger partial charge in [0.15, 0.2) is 0 Å². The molecule has 15 heavy (non-hydrogen) atoms. The molecular formula is C9H6N4OS. The summed E-state index contributed by atoms with van der Waals surface area (Å²) in [5.41, 5.74) is 0.772. The second kappa shape index (κ2) is 4.57. The van der Waals surface area contributed by atoms with E-state index in [4.69, 9.17) is 9.68 Å². The number of aromatic nitrogens is 3. The van der Waals surface area contributed by atoms with Crippen LogP contribution in [0.25, 0.3) is 11.5 Å². The zero-order chi connectivity index (χ0) is 10.5. The molecule has 0 amide bonds. The van der Waals surface area contributed by atoms with Crippen LogP contribution in [0.15, 0.2) is 34.2 Å². The molecule has 74 valence electrons. The fourth-order valence-corrected chi connectivity index (χ4v) is 1.39. The molecule has 0 unspecified atom stereocenters. The molecule has 0 atom stereocenters. The first-order chi connectivity index (χ1) is 7.40. The van der Waals surface area contributed by atoms with Crippen LogP contribution in [0.1, 0.15) is 0 Å². The molecule has 5 nitrogen and oxygen atoms in total. The van der Waals surface area contributed by atoms with E-state index in [2.05, 4.69) is 15.2 Å². The van der Waals surface area contributed by atoms with Crippen molar-refractivity contribution in [2.24, 2.45) is 0 Å². The smallest absolute Gasteiger partial charge is 0.277 e. The van der Waals surface area contributed by atoms with Crippen LogP contribution in [0.4, 0.5) is 0 Å². The van der Waals surface area contributed by atoms with Crippen molar-refractivity contribution in [3.8, 4) is 17.5 Å². The maximum atomic E-state index is 8.38. The molecule has 0 N–H and O–H groups in total. The van der Waals surface area contributed by atoms with E-state index in [-0.39, 0.29) is 0 Å². The summed E-state index contributed by atoms with van der Waals surface area (Å²) >= 11 is 1.21. The number of nitrogens with zero attached hydrogens (tertiary/aromatic N) is 4. The minimum absolute atomic E-state index is 0.300. The van der Waals surface area contributed by atoms with Crippen LogP contribution in [0.3, 0.4) is 0 Å². The van der Waals surface area contributed by atoms with Gasteiger partial charge >= 0.3 is 0 Å². The van der Waals surface area contributed by atoms with Crippen molar-refractivity contribution >= 4 is 11.8 Å². The lowest BCUT2D eigenvalue weighted by Crippen LogP contribution is -1.78. The molecule has 0 aliphatic heterocycles. The quantitative estimate of drug-likeness (QED) is 0.730. The summed E-state index contributed by atoms with van der Waals surface area (Å²) in [4.78, 5) is 3.95. The second-order valence-electron chi connectivity index (χ2n) is 2.56. The fraction of sp³-hybridized carbons (Fsp3) is 0.111. The Kier molecular flexibility index (Phi) is 2.95. The third-order valence-corrected chi connectivity index (χ3v) is 2.26. The number of hydrogen-bond donors (Lipinski definition) is 0. The van der Waals surface area contributed by atoms with Gasteiger partial charge in [-0.3, -0.25) is 4.98 Å². The summed E-state index contributed by atoms with van der Waals surface area (Å²) in [7, 11) is 0. The number of pyridine rings is 1. The normalized spacial score (nSPS) is 9.80. The van der Waals surface area contributed by atoms with Gasteiger partial charge in [-0.25, -0.2) is 0 Å². The zero-order valence-electron chi connectivity index (χ0n) is 7.62. The van der Waals surface area contributed by atoms with Crippen molar-refractivity contribution < 1.29 is 4.42 Å². The molecule has 0 radical (unpaired) electrons. The standard InChI is InChI=1S/C9H6N4OS/c10-3-5-15-9-13-12-8(14-9)7-2-1-4-11-6-7/h1-2,4,6H,5H2. The minimum atomic E-state index is 0.300. The predicted molar refractivity (Wildman–Crippen MR) is 53.9 cm³/mol. The van der Waals surface area contributed by atoms with Crippen LogP contribution < -0.4 is 0 Å². The van der Waals surface area contributed by atoms with E-state index < -0.39 is 0 Å². The highest BCUT2D eigenvalue weighted by Crippen LogP contribution is 2.21. The van der Waals surface area contributed by atoms with Crippen LogP contribution >= 0.6 is 11.8 Å². The molecule has 2 aromatic rings. The zero-order valence-corrected chi connectivity index (χ0v) is 8.44. The molecule has 0 aromatic carbocycles. The van der Waals surface area contributed by atoms with Gasteiger partial charge in [-0.1, -0.05) is 11.8 Å². The molecule has 2 rings (SSSR count). The maximum absolute atomic E-state index is 8.38. The van der Waals surface area contributed by atoms with Gasteiger partial charge < -0.3 is 4.42 Å². The fourth-order valence-electron chi connectivity index (χ4n) is 0.968. The summed E-state index contributed by atoms with van der Waals surface area (Å²) < 4.78 is 5.32. The lowest BCUT2D eigenvalue weighted by Gasteiger charge is -1.90. The molecule has 0 fully saturated rings.